The van der Waals surface area contributed by atoms with Crippen LogP contribution in [-0.4, -0.2) is 51.7 Å². The Labute approximate surface area is 151 Å². The lowest BCUT2D eigenvalue weighted by Crippen LogP contribution is -2.47. The molecule has 0 radical (unpaired) electrons. The van der Waals surface area contributed by atoms with E-state index in [2.05, 4.69) is 20.4 Å². The predicted octanol–water partition coefficient (Wildman–Crippen LogP) is 0.311. The van der Waals surface area contributed by atoms with Crippen LogP contribution in [0.25, 0.3) is 0 Å². The van der Waals surface area contributed by atoms with E-state index in [1.165, 1.54) is 17.9 Å². The summed E-state index contributed by atoms with van der Waals surface area (Å²) >= 11 is 0. The van der Waals surface area contributed by atoms with Crippen LogP contribution >= 0.6 is 0 Å². The third-order valence-corrected chi connectivity index (χ3v) is 4.60. The smallest absolute Gasteiger partial charge is 0.266 e. The lowest BCUT2D eigenvalue weighted by atomic mass is 10.0. The van der Waals surface area contributed by atoms with Crippen molar-refractivity contribution in [1.29, 1.82) is 0 Å². The summed E-state index contributed by atoms with van der Waals surface area (Å²) in [5.74, 6) is 0.851. The maximum atomic E-state index is 12.5. The number of ether oxygens (including phenoxy) is 1. The number of aromatic nitrogens is 4. The average Bonchev–Trinajstić information content (AvgIpc) is 3.03. The molecule has 3 heterocycles. The molecule has 0 spiro atoms. The number of nitrogens with one attached hydrogen (secondary N) is 1. The lowest BCUT2D eigenvalue weighted by Gasteiger charge is -2.36. The van der Waals surface area contributed by atoms with Crippen molar-refractivity contribution < 1.29 is 9.53 Å². The summed E-state index contributed by atoms with van der Waals surface area (Å²) in [6.07, 6.45) is 4.75. The first-order chi connectivity index (χ1) is 12.5. The monoisotopic (exact) mass is 360 g/mol. The standard InChI is InChI=1S/C17H24N6O3/c1-21-11-13(17(20-21)26-3)16(25)18-10-12-6-4-5-9-23(12)14-7-8-15(24)22(2)19-14/h7-8,11-12H,4-6,9-10H2,1-3H3,(H,18,25). The fraction of sp³-hybridized carbons (Fsp3) is 0.529. The van der Waals surface area contributed by atoms with Crippen LogP contribution in [0, 0.1) is 0 Å². The predicted molar refractivity (Wildman–Crippen MR) is 96.6 cm³/mol. The Morgan fingerprint density at radius 1 is 1.31 bits per heavy atom. The molecule has 1 saturated heterocycles. The molecule has 1 fully saturated rings. The number of carbonyl (C=O) groups excluding carboxylic acids is 1. The number of carbonyl (C=O) groups is 1. The van der Waals surface area contributed by atoms with E-state index in [4.69, 9.17) is 4.74 Å². The number of anilines is 1. The summed E-state index contributed by atoms with van der Waals surface area (Å²) in [6, 6.07) is 3.39. The van der Waals surface area contributed by atoms with E-state index < -0.39 is 0 Å². The molecule has 3 rings (SSSR count). The lowest BCUT2D eigenvalue weighted by molar-refractivity contribution is 0.0946. The number of piperidine rings is 1. The number of amides is 1. The van der Waals surface area contributed by atoms with Crippen LogP contribution in [0.2, 0.25) is 0 Å². The largest absolute Gasteiger partial charge is 0.479 e. The molecule has 1 aliphatic rings. The molecule has 0 aromatic carbocycles. The maximum absolute atomic E-state index is 12.5. The highest BCUT2D eigenvalue weighted by atomic mass is 16.5. The molecule has 1 amide bonds. The Kier molecular flexibility index (Phi) is 5.24. The molecule has 0 bridgehead atoms. The Morgan fingerprint density at radius 3 is 2.85 bits per heavy atom. The normalized spacial score (nSPS) is 17.2. The van der Waals surface area contributed by atoms with Crippen LogP contribution in [-0.2, 0) is 14.1 Å². The van der Waals surface area contributed by atoms with Crippen molar-refractivity contribution in [1.82, 2.24) is 24.9 Å². The van der Waals surface area contributed by atoms with Gasteiger partial charge in [0.2, 0.25) is 5.88 Å². The summed E-state index contributed by atoms with van der Waals surface area (Å²) in [6.45, 7) is 1.34. The van der Waals surface area contributed by atoms with Gasteiger partial charge in [-0.15, -0.1) is 5.10 Å². The molecule has 140 valence electrons. The van der Waals surface area contributed by atoms with Gasteiger partial charge in [0, 0.05) is 45.5 Å². The van der Waals surface area contributed by atoms with Gasteiger partial charge in [-0.05, 0) is 25.3 Å². The van der Waals surface area contributed by atoms with Crippen molar-refractivity contribution in [2.24, 2.45) is 14.1 Å². The minimum Gasteiger partial charge on any atom is -0.479 e. The van der Waals surface area contributed by atoms with Crippen LogP contribution < -0.4 is 20.5 Å². The number of hydrogen-bond donors (Lipinski definition) is 1. The van der Waals surface area contributed by atoms with E-state index >= 15 is 0 Å². The molecule has 1 unspecified atom stereocenters. The average molecular weight is 360 g/mol. The highest BCUT2D eigenvalue weighted by molar-refractivity contribution is 5.96. The van der Waals surface area contributed by atoms with Crippen LogP contribution in [0.5, 0.6) is 5.88 Å². The van der Waals surface area contributed by atoms with Gasteiger partial charge in [0.05, 0.1) is 7.11 Å². The quantitative estimate of drug-likeness (QED) is 0.825. The van der Waals surface area contributed by atoms with Gasteiger partial charge in [-0.1, -0.05) is 0 Å². The fourth-order valence-corrected chi connectivity index (χ4v) is 3.24. The third kappa shape index (κ3) is 3.71. The highest BCUT2D eigenvalue weighted by Crippen LogP contribution is 2.22. The van der Waals surface area contributed by atoms with Crippen molar-refractivity contribution in [2.45, 2.75) is 25.3 Å². The molecular formula is C17H24N6O3. The topological polar surface area (TPSA) is 94.3 Å². The molecule has 2 aromatic rings. The van der Waals surface area contributed by atoms with Crippen molar-refractivity contribution in [3.63, 3.8) is 0 Å². The Hall–Kier alpha value is -2.84. The van der Waals surface area contributed by atoms with Gasteiger partial charge in [-0.2, -0.15) is 5.10 Å². The maximum Gasteiger partial charge on any atom is 0.266 e. The van der Waals surface area contributed by atoms with Gasteiger partial charge in [-0.3, -0.25) is 14.3 Å². The number of nitrogens with zero attached hydrogens (tertiary/aromatic N) is 5. The molecule has 26 heavy (non-hydrogen) atoms. The summed E-state index contributed by atoms with van der Waals surface area (Å²) < 4.78 is 8.03. The summed E-state index contributed by atoms with van der Waals surface area (Å²) in [5.41, 5.74) is 0.275. The number of methoxy groups -OCH3 is 1. The van der Waals surface area contributed by atoms with Gasteiger partial charge in [-0.25, -0.2) is 4.68 Å². The SMILES string of the molecule is COc1nn(C)cc1C(=O)NCC1CCCCN1c1ccc(=O)n(C)n1. The van der Waals surface area contributed by atoms with E-state index in [-0.39, 0.29) is 17.5 Å². The van der Waals surface area contributed by atoms with Crippen LogP contribution in [0.4, 0.5) is 5.82 Å². The van der Waals surface area contributed by atoms with E-state index in [0.29, 0.717) is 18.0 Å². The molecular weight excluding hydrogens is 336 g/mol. The molecule has 9 nitrogen and oxygen atoms in total. The molecule has 2 aromatic heterocycles. The van der Waals surface area contributed by atoms with Gasteiger partial charge in [0.1, 0.15) is 11.4 Å². The highest BCUT2D eigenvalue weighted by Gasteiger charge is 2.25. The minimum absolute atomic E-state index is 0.125. The minimum atomic E-state index is -0.214. The van der Waals surface area contributed by atoms with Gasteiger partial charge in [0.25, 0.3) is 11.5 Å². The first kappa shape index (κ1) is 18.0. The zero-order valence-electron chi connectivity index (χ0n) is 15.3. The first-order valence-electron chi connectivity index (χ1n) is 8.66. The Morgan fingerprint density at radius 2 is 2.12 bits per heavy atom. The van der Waals surface area contributed by atoms with Crippen LogP contribution in [0.15, 0.2) is 23.1 Å². The molecule has 9 heteroatoms. The first-order valence-corrected chi connectivity index (χ1v) is 8.66. The molecule has 1 atom stereocenters. The van der Waals surface area contributed by atoms with Gasteiger partial charge >= 0.3 is 0 Å². The van der Waals surface area contributed by atoms with Crippen molar-refractivity contribution in [3.05, 3.63) is 34.2 Å². The van der Waals surface area contributed by atoms with Gasteiger partial charge < -0.3 is 15.0 Å². The van der Waals surface area contributed by atoms with Crippen molar-refractivity contribution in [2.75, 3.05) is 25.1 Å². The summed E-state index contributed by atoms with van der Waals surface area (Å²) in [5, 5.41) is 11.4. The van der Waals surface area contributed by atoms with Crippen molar-refractivity contribution >= 4 is 11.7 Å². The van der Waals surface area contributed by atoms with E-state index in [9.17, 15) is 9.59 Å². The second-order valence-corrected chi connectivity index (χ2v) is 6.43. The fourth-order valence-electron chi connectivity index (χ4n) is 3.24. The number of hydrogen-bond acceptors (Lipinski definition) is 6. The van der Waals surface area contributed by atoms with E-state index in [1.807, 2.05) is 0 Å². The zero-order valence-corrected chi connectivity index (χ0v) is 15.3. The number of aryl methyl sites for hydroxylation is 2. The molecule has 0 aliphatic carbocycles. The Bertz CT molecular complexity index is 843. The van der Waals surface area contributed by atoms with Crippen molar-refractivity contribution in [3.8, 4) is 5.88 Å². The van der Waals surface area contributed by atoms with Gasteiger partial charge in [0.15, 0.2) is 0 Å². The third-order valence-electron chi connectivity index (χ3n) is 4.60. The second kappa shape index (κ2) is 7.59. The van der Waals surface area contributed by atoms with Crippen LogP contribution in [0.1, 0.15) is 29.6 Å². The summed E-state index contributed by atoms with van der Waals surface area (Å²) in [7, 11) is 4.88. The number of rotatable bonds is 5. The molecule has 1 aliphatic heterocycles. The Balaban J connectivity index is 1.71. The molecule has 0 saturated carbocycles. The summed E-state index contributed by atoms with van der Waals surface area (Å²) in [4.78, 5) is 26.2. The van der Waals surface area contributed by atoms with E-state index in [1.54, 1.807) is 31.0 Å². The molecule has 1 N–H and O–H groups in total. The van der Waals surface area contributed by atoms with E-state index in [0.717, 1.165) is 31.6 Å². The zero-order chi connectivity index (χ0) is 18.7. The van der Waals surface area contributed by atoms with Crippen LogP contribution in [0.3, 0.4) is 0 Å². The second-order valence-electron chi connectivity index (χ2n) is 6.43.